The molecule has 56 heavy (non-hydrogen) atoms. The van der Waals surface area contributed by atoms with Crippen molar-refractivity contribution in [2.45, 2.75) is 19.3 Å². The molecule has 0 amide bonds. The highest BCUT2D eigenvalue weighted by molar-refractivity contribution is 6.26. The lowest BCUT2D eigenvalue weighted by molar-refractivity contribution is 0.658. The normalized spacial score (nSPS) is 13.5. The van der Waals surface area contributed by atoms with Gasteiger partial charge in [-0.25, -0.2) is 0 Å². The van der Waals surface area contributed by atoms with Crippen LogP contribution in [0.25, 0.3) is 99.3 Å². The largest absolute Gasteiger partial charge is 0.455 e. The Bertz CT molecular complexity index is 3220. The zero-order chi connectivity index (χ0) is 37.5. The van der Waals surface area contributed by atoms with Crippen LogP contribution in [0.15, 0.2) is 187 Å². The third kappa shape index (κ3) is 4.68. The van der Waals surface area contributed by atoms with Crippen molar-refractivity contribution in [1.82, 2.24) is 0 Å². The highest BCUT2D eigenvalue weighted by Gasteiger charge is 2.40. The van der Waals surface area contributed by atoms with Gasteiger partial charge in [0.1, 0.15) is 11.2 Å². The SMILES string of the molecule is C=C/C(=C\c1cccc(-c2c3ccccc3c(-c3ccc4c(c3)C(C)(C)c3c-4c4oc5ccccc5c4c4ccccc34)c3ccccc23)c1)c1ccccc1. The number of hydrogen-bond acceptors (Lipinski definition) is 1. The number of rotatable bonds is 5. The summed E-state index contributed by atoms with van der Waals surface area (Å²) in [6.07, 6.45) is 4.18. The maximum atomic E-state index is 6.79. The summed E-state index contributed by atoms with van der Waals surface area (Å²) in [4.78, 5) is 0. The van der Waals surface area contributed by atoms with Gasteiger partial charge in [0, 0.05) is 21.8 Å². The van der Waals surface area contributed by atoms with Crippen molar-refractivity contribution in [3.63, 3.8) is 0 Å². The Labute approximate surface area is 326 Å². The van der Waals surface area contributed by atoms with Crippen LogP contribution in [0.5, 0.6) is 0 Å². The minimum atomic E-state index is -0.253. The molecule has 0 fully saturated rings. The Balaban J connectivity index is 1.14. The van der Waals surface area contributed by atoms with E-state index in [9.17, 15) is 0 Å². The molecule has 1 aromatic heterocycles. The van der Waals surface area contributed by atoms with Gasteiger partial charge in [-0.3, -0.25) is 0 Å². The molecule has 0 radical (unpaired) electrons. The van der Waals surface area contributed by atoms with Crippen LogP contribution in [0.4, 0.5) is 0 Å². The van der Waals surface area contributed by atoms with Crippen LogP contribution < -0.4 is 0 Å². The van der Waals surface area contributed by atoms with E-state index in [1.165, 1.54) is 87.6 Å². The maximum absolute atomic E-state index is 6.79. The number of allylic oxidation sites excluding steroid dienone is 2. The van der Waals surface area contributed by atoms with Crippen molar-refractivity contribution in [2.24, 2.45) is 0 Å². The Hall–Kier alpha value is -6.96. The smallest absolute Gasteiger partial charge is 0.144 e. The first-order valence-electron chi connectivity index (χ1n) is 19.5. The first-order chi connectivity index (χ1) is 27.5. The minimum absolute atomic E-state index is 0.253. The van der Waals surface area contributed by atoms with Crippen LogP contribution in [0.3, 0.4) is 0 Å². The van der Waals surface area contributed by atoms with Crippen LogP contribution in [-0.4, -0.2) is 0 Å². The molecule has 11 rings (SSSR count). The highest BCUT2D eigenvalue weighted by atomic mass is 16.3. The van der Waals surface area contributed by atoms with Gasteiger partial charge >= 0.3 is 0 Å². The molecule has 9 aromatic carbocycles. The van der Waals surface area contributed by atoms with Crippen molar-refractivity contribution in [2.75, 3.05) is 0 Å². The third-order valence-corrected chi connectivity index (χ3v) is 12.2. The van der Waals surface area contributed by atoms with Crippen LogP contribution >= 0.6 is 0 Å². The molecule has 0 unspecified atom stereocenters. The van der Waals surface area contributed by atoms with E-state index in [0.29, 0.717) is 0 Å². The van der Waals surface area contributed by atoms with E-state index < -0.39 is 0 Å². The first-order valence-corrected chi connectivity index (χ1v) is 19.5. The molecule has 1 aliphatic carbocycles. The van der Waals surface area contributed by atoms with Crippen LogP contribution in [0.1, 0.15) is 36.1 Å². The molecular formula is C55H38O. The van der Waals surface area contributed by atoms with Gasteiger partial charge in [0.15, 0.2) is 0 Å². The Kier molecular flexibility index (Phi) is 7.12. The van der Waals surface area contributed by atoms with E-state index in [-0.39, 0.29) is 5.41 Å². The summed E-state index contributed by atoms with van der Waals surface area (Å²) >= 11 is 0. The van der Waals surface area contributed by atoms with Crippen molar-refractivity contribution in [1.29, 1.82) is 0 Å². The van der Waals surface area contributed by atoms with E-state index in [0.717, 1.165) is 27.9 Å². The predicted octanol–water partition coefficient (Wildman–Crippen LogP) is 15.4. The zero-order valence-electron chi connectivity index (χ0n) is 31.4. The molecule has 10 aromatic rings. The van der Waals surface area contributed by atoms with Crippen molar-refractivity contribution in [3.8, 4) is 33.4 Å². The van der Waals surface area contributed by atoms with Crippen molar-refractivity contribution >= 4 is 65.9 Å². The summed E-state index contributed by atoms with van der Waals surface area (Å²) in [6.45, 7) is 8.91. The summed E-state index contributed by atoms with van der Waals surface area (Å²) in [5.74, 6) is 0. The number of para-hydroxylation sites is 1. The van der Waals surface area contributed by atoms with Crippen LogP contribution in [0.2, 0.25) is 0 Å². The molecule has 264 valence electrons. The first kappa shape index (κ1) is 32.5. The van der Waals surface area contributed by atoms with Gasteiger partial charge in [-0.05, 0) is 112 Å². The van der Waals surface area contributed by atoms with Gasteiger partial charge in [-0.15, -0.1) is 0 Å². The molecule has 1 nitrogen and oxygen atoms in total. The summed E-state index contributed by atoms with van der Waals surface area (Å²) in [7, 11) is 0. The lowest BCUT2D eigenvalue weighted by atomic mass is 9.78. The van der Waals surface area contributed by atoms with Gasteiger partial charge in [0.25, 0.3) is 0 Å². The van der Waals surface area contributed by atoms with Gasteiger partial charge in [0.05, 0.1) is 0 Å². The monoisotopic (exact) mass is 714 g/mol. The van der Waals surface area contributed by atoms with Gasteiger partial charge < -0.3 is 4.42 Å². The van der Waals surface area contributed by atoms with E-state index in [1.54, 1.807) is 0 Å². The Morgan fingerprint density at radius 2 is 1.09 bits per heavy atom. The van der Waals surface area contributed by atoms with Gasteiger partial charge in [0.2, 0.25) is 0 Å². The molecule has 0 spiro atoms. The van der Waals surface area contributed by atoms with Gasteiger partial charge in [-0.1, -0.05) is 178 Å². The highest BCUT2D eigenvalue weighted by Crippen LogP contribution is 2.57. The molecule has 0 aliphatic heterocycles. The molecule has 0 saturated carbocycles. The fourth-order valence-electron chi connectivity index (χ4n) is 9.74. The standard InChI is InChI=1S/C55H38O/c1-4-35(36-18-6-5-7-19-36)31-34-17-16-20-37(32-34)49-39-21-8-10-23-41(39)50(42-24-11-9-22-40(42)49)38-29-30-45-47(33-38)55(2,3)53-44-26-13-12-25-43(44)51-46-27-14-15-28-48(46)56-54(51)52(45)53/h4-33H,1H2,2-3H3/b35-31+. The molecule has 0 saturated heterocycles. The van der Waals surface area contributed by atoms with Crippen molar-refractivity contribution in [3.05, 3.63) is 205 Å². The molecule has 0 bridgehead atoms. The topological polar surface area (TPSA) is 13.1 Å². The second kappa shape index (κ2) is 12.3. The molecule has 1 heterocycles. The second-order valence-corrected chi connectivity index (χ2v) is 15.6. The van der Waals surface area contributed by atoms with Crippen LogP contribution in [-0.2, 0) is 5.41 Å². The average molecular weight is 715 g/mol. The summed E-state index contributed by atoms with van der Waals surface area (Å²) < 4.78 is 6.79. The summed E-state index contributed by atoms with van der Waals surface area (Å²) in [6, 6.07) is 61.8. The maximum Gasteiger partial charge on any atom is 0.144 e. The van der Waals surface area contributed by atoms with Crippen molar-refractivity contribution < 1.29 is 4.42 Å². The molecule has 1 heteroatoms. The third-order valence-electron chi connectivity index (χ3n) is 12.2. The number of benzene rings is 9. The fourth-order valence-corrected chi connectivity index (χ4v) is 9.74. The number of hydrogen-bond donors (Lipinski definition) is 0. The quantitative estimate of drug-likeness (QED) is 0.0983. The number of furan rings is 1. The molecule has 1 aliphatic rings. The molecular weight excluding hydrogens is 677 g/mol. The lowest BCUT2D eigenvalue weighted by Crippen LogP contribution is -2.15. The Morgan fingerprint density at radius 3 is 1.75 bits per heavy atom. The van der Waals surface area contributed by atoms with E-state index in [1.807, 2.05) is 6.08 Å². The molecule has 0 atom stereocenters. The summed E-state index contributed by atoms with van der Waals surface area (Å²) in [5.41, 5.74) is 15.2. The van der Waals surface area contributed by atoms with Crippen LogP contribution in [0, 0.1) is 0 Å². The Morgan fingerprint density at radius 1 is 0.518 bits per heavy atom. The average Bonchev–Trinajstić information content (AvgIpc) is 3.75. The summed E-state index contributed by atoms with van der Waals surface area (Å²) in [5, 5.41) is 9.90. The molecule has 0 N–H and O–H groups in total. The van der Waals surface area contributed by atoms with E-state index in [4.69, 9.17) is 4.42 Å². The second-order valence-electron chi connectivity index (χ2n) is 15.6. The van der Waals surface area contributed by atoms with E-state index in [2.05, 4.69) is 196 Å². The zero-order valence-corrected chi connectivity index (χ0v) is 31.4. The minimum Gasteiger partial charge on any atom is -0.455 e. The fraction of sp³-hybridized carbons (Fsp3) is 0.0545. The lowest BCUT2D eigenvalue weighted by Gasteiger charge is -2.24. The van der Waals surface area contributed by atoms with Gasteiger partial charge in [-0.2, -0.15) is 0 Å². The number of fused-ring (bicyclic) bond motifs is 12. The predicted molar refractivity (Wildman–Crippen MR) is 239 cm³/mol. The van der Waals surface area contributed by atoms with E-state index >= 15 is 0 Å².